The van der Waals surface area contributed by atoms with Crippen molar-refractivity contribution in [2.45, 2.75) is 52.5 Å². The number of nitrogens with zero attached hydrogens (tertiary/aromatic N) is 1. The first-order chi connectivity index (χ1) is 13.4. The van der Waals surface area contributed by atoms with E-state index in [-0.39, 0.29) is 24.2 Å². The quantitative estimate of drug-likeness (QED) is 0.471. The van der Waals surface area contributed by atoms with Gasteiger partial charge in [-0.25, -0.2) is 0 Å². The standard InChI is InChI=1S/C21H33N3O4/c1-3-4-5-12-24(20(27)15-25)19(26)11-6-16(2)14-23-21(28)18-9-7-17(13-22)8-10-18/h7-10,16,25H,3-6,11-15,22H2,1-2H3,(H,23,28). The largest absolute Gasteiger partial charge is 0.387 e. The first-order valence-electron chi connectivity index (χ1n) is 9.94. The van der Waals surface area contributed by atoms with Crippen molar-refractivity contribution < 1.29 is 19.5 Å². The second-order valence-electron chi connectivity index (χ2n) is 7.06. The van der Waals surface area contributed by atoms with Crippen molar-refractivity contribution >= 4 is 17.7 Å². The minimum Gasteiger partial charge on any atom is -0.387 e. The fourth-order valence-electron chi connectivity index (χ4n) is 2.76. The van der Waals surface area contributed by atoms with Gasteiger partial charge in [0.1, 0.15) is 6.61 Å². The van der Waals surface area contributed by atoms with Gasteiger partial charge in [0, 0.05) is 31.6 Å². The molecule has 3 amide bonds. The smallest absolute Gasteiger partial charge is 0.254 e. The summed E-state index contributed by atoms with van der Waals surface area (Å²) in [6.45, 7) is 4.54. The lowest BCUT2D eigenvalue weighted by Gasteiger charge is -2.21. The van der Waals surface area contributed by atoms with Crippen molar-refractivity contribution in [3.05, 3.63) is 35.4 Å². The van der Waals surface area contributed by atoms with Gasteiger partial charge in [0.05, 0.1) is 0 Å². The molecule has 4 N–H and O–H groups in total. The maximum absolute atomic E-state index is 12.4. The molecule has 1 rings (SSSR count). The number of unbranched alkanes of at least 4 members (excludes halogenated alkanes) is 2. The number of aliphatic hydroxyl groups is 1. The van der Waals surface area contributed by atoms with Gasteiger partial charge in [-0.05, 0) is 36.5 Å². The van der Waals surface area contributed by atoms with Crippen molar-refractivity contribution in [2.75, 3.05) is 19.7 Å². The summed E-state index contributed by atoms with van der Waals surface area (Å²) in [5.74, 6) is -0.912. The van der Waals surface area contributed by atoms with E-state index >= 15 is 0 Å². The van der Waals surface area contributed by atoms with E-state index < -0.39 is 12.5 Å². The summed E-state index contributed by atoms with van der Waals surface area (Å²) in [6.07, 6.45) is 3.41. The number of benzene rings is 1. The van der Waals surface area contributed by atoms with Gasteiger partial charge in [-0.15, -0.1) is 0 Å². The third kappa shape index (κ3) is 8.19. The van der Waals surface area contributed by atoms with Crippen LogP contribution in [0.25, 0.3) is 0 Å². The fourth-order valence-corrected chi connectivity index (χ4v) is 2.76. The molecule has 0 spiro atoms. The Morgan fingerprint density at radius 1 is 1.14 bits per heavy atom. The number of hydrogen-bond acceptors (Lipinski definition) is 5. The minimum atomic E-state index is -0.660. The number of carbonyl (C=O) groups is 3. The highest BCUT2D eigenvalue weighted by molar-refractivity contribution is 5.96. The number of carbonyl (C=O) groups excluding carboxylic acids is 3. The normalized spacial score (nSPS) is 11.7. The Balaban J connectivity index is 2.43. The van der Waals surface area contributed by atoms with Crippen molar-refractivity contribution in [1.29, 1.82) is 0 Å². The summed E-state index contributed by atoms with van der Waals surface area (Å²) in [7, 11) is 0. The highest BCUT2D eigenvalue weighted by Gasteiger charge is 2.20. The molecule has 7 heteroatoms. The molecule has 0 aliphatic rings. The van der Waals surface area contributed by atoms with Crippen LogP contribution in [0.2, 0.25) is 0 Å². The molecule has 1 aromatic rings. The molecule has 0 saturated heterocycles. The maximum Gasteiger partial charge on any atom is 0.254 e. The molecule has 1 aromatic carbocycles. The van der Waals surface area contributed by atoms with Crippen LogP contribution in [0.1, 0.15) is 61.9 Å². The minimum absolute atomic E-state index is 0.0814. The number of nitrogens with two attached hydrogens (primary N) is 1. The Labute approximate surface area is 167 Å². The van der Waals surface area contributed by atoms with Gasteiger partial charge in [0.2, 0.25) is 5.91 Å². The van der Waals surface area contributed by atoms with Gasteiger partial charge in [0.15, 0.2) is 0 Å². The SMILES string of the molecule is CCCCCN(C(=O)CO)C(=O)CCC(C)CNC(=O)c1ccc(CN)cc1. The summed E-state index contributed by atoms with van der Waals surface area (Å²) < 4.78 is 0. The summed E-state index contributed by atoms with van der Waals surface area (Å²) in [4.78, 5) is 37.5. The molecule has 0 radical (unpaired) electrons. The molecule has 1 unspecified atom stereocenters. The third-order valence-electron chi connectivity index (χ3n) is 4.64. The molecule has 0 bridgehead atoms. The molecule has 0 aliphatic carbocycles. The van der Waals surface area contributed by atoms with Crippen LogP contribution in [0, 0.1) is 5.92 Å². The van der Waals surface area contributed by atoms with Crippen LogP contribution in [-0.2, 0) is 16.1 Å². The van der Waals surface area contributed by atoms with E-state index in [1.54, 1.807) is 12.1 Å². The van der Waals surface area contributed by atoms with Crippen LogP contribution in [0.3, 0.4) is 0 Å². The zero-order valence-electron chi connectivity index (χ0n) is 16.9. The number of amides is 3. The second-order valence-corrected chi connectivity index (χ2v) is 7.06. The Bertz CT molecular complexity index is 631. The molecular formula is C21H33N3O4. The van der Waals surface area contributed by atoms with Crippen LogP contribution in [0.4, 0.5) is 0 Å². The van der Waals surface area contributed by atoms with Crippen molar-refractivity contribution in [1.82, 2.24) is 10.2 Å². The van der Waals surface area contributed by atoms with Gasteiger partial charge < -0.3 is 16.2 Å². The molecule has 1 atom stereocenters. The molecule has 0 aliphatic heterocycles. The number of imide groups is 1. The average Bonchev–Trinajstić information content (AvgIpc) is 2.72. The number of nitrogens with one attached hydrogen (secondary N) is 1. The van der Waals surface area contributed by atoms with E-state index in [1.165, 1.54) is 0 Å². The molecule has 0 heterocycles. The van der Waals surface area contributed by atoms with Crippen molar-refractivity contribution in [3.8, 4) is 0 Å². The lowest BCUT2D eigenvalue weighted by atomic mass is 10.0. The number of aliphatic hydroxyl groups excluding tert-OH is 1. The van der Waals surface area contributed by atoms with Crippen LogP contribution < -0.4 is 11.1 Å². The first kappa shape index (κ1) is 23.8. The first-order valence-corrected chi connectivity index (χ1v) is 9.94. The Kier molecular flexibility index (Phi) is 11.1. The molecule has 7 nitrogen and oxygen atoms in total. The van der Waals surface area contributed by atoms with Crippen LogP contribution >= 0.6 is 0 Å². The molecule has 0 fully saturated rings. The molecule has 0 saturated carbocycles. The number of rotatable bonds is 12. The lowest BCUT2D eigenvalue weighted by Crippen LogP contribution is -2.39. The molecule has 28 heavy (non-hydrogen) atoms. The van der Waals surface area contributed by atoms with E-state index in [1.807, 2.05) is 26.0 Å². The zero-order chi connectivity index (χ0) is 20.9. The van der Waals surface area contributed by atoms with Gasteiger partial charge in [0.25, 0.3) is 11.8 Å². The second kappa shape index (κ2) is 13.0. The summed E-state index contributed by atoms with van der Waals surface area (Å²) >= 11 is 0. The maximum atomic E-state index is 12.4. The van der Waals surface area contributed by atoms with Crippen LogP contribution in [0.5, 0.6) is 0 Å². The predicted octanol–water partition coefficient (Wildman–Crippen LogP) is 1.83. The van der Waals surface area contributed by atoms with E-state index in [0.717, 1.165) is 29.7 Å². The van der Waals surface area contributed by atoms with Crippen molar-refractivity contribution in [2.24, 2.45) is 11.7 Å². The number of hydrogen-bond donors (Lipinski definition) is 3. The fraction of sp³-hybridized carbons (Fsp3) is 0.571. The highest BCUT2D eigenvalue weighted by Crippen LogP contribution is 2.10. The van der Waals surface area contributed by atoms with Crippen molar-refractivity contribution in [3.63, 3.8) is 0 Å². The molecule has 156 valence electrons. The lowest BCUT2D eigenvalue weighted by molar-refractivity contribution is -0.146. The average molecular weight is 392 g/mol. The monoisotopic (exact) mass is 391 g/mol. The summed E-state index contributed by atoms with van der Waals surface area (Å²) in [5, 5.41) is 11.9. The van der Waals surface area contributed by atoms with Crippen LogP contribution in [0.15, 0.2) is 24.3 Å². The van der Waals surface area contributed by atoms with Gasteiger partial charge >= 0.3 is 0 Å². The summed E-state index contributed by atoms with van der Waals surface area (Å²) in [5.41, 5.74) is 7.08. The van der Waals surface area contributed by atoms with Gasteiger partial charge in [-0.2, -0.15) is 0 Å². The third-order valence-corrected chi connectivity index (χ3v) is 4.64. The van der Waals surface area contributed by atoms with Gasteiger partial charge in [-0.3, -0.25) is 19.3 Å². The molecular weight excluding hydrogens is 358 g/mol. The topological polar surface area (TPSA) is 113 Å². The van der Waals surface area contributed by atoms with Gasteiger partial charge in [-0.1, -0.05) is 38.8 Å². The van der Waals surface area contributed by atoms with E-state index in [0.29, 0.717) is 31.6 Å². The van der Waals surface area contributed by atoms with E-state index in [9.17, 15) is 14.4 Å². The summed E-state index contributed by atoms with van der Waals surface area (Å²) in [6, 6.07) is 7.12. The highest BCUT2D eigenvalue weighted by atomic mass is 16.3. The predicted molar refractivity (Wildman–Crippen MR) is 108 cm³/mol. The van der Waals surface area contributed by atoms with E-state index in [4.69, 9.17) is 10.8 Å². The Hall–Kier alpha value is -2.25. The Morgan fingerprint density at radius 3 is 2.39 bits per heavy atom. The van der Waals surface area contributed by atoms with E-state index in [2.05, 4.69) is 5.32 Å². The zero-order valence-corrected chi connectivity index (χ0v) is 16.9. The van der Waals surface area contributed by atoms with Crippen LogP contribution in [-0.4, -0.2) is 47.4 Å². The molecule has 0 aromatic heterocycles. The Morgan fingerprint density at radius 2 is 1.82 bits per heavy atom.